The first-order chi connectivity index (χ1) is 9.67. The maximum absolute atomic E-state index is 12.2. The predicted molar refractivity (Wildman–Crippen MR) is 85.5 cm³/mol. The van der Waals surface area contributed by atoms with Crippen LogP contribution in [0.4, 0.5) is 5.69 Å². The third kappa shape index (κ3) is 4.41. The first-order valence-electron chi connectivity index (χ1n) is 7.28. The Kier molecular flexibility index (Phi) is 7.45. The van der Waals surface area contributed by atoms with Crippen molar-refractivity contribution in [3.8, 4) is 5.75 Å². The molecule has 112 valence electrons. The molecular weight excluding hydrogens is 274 g/mol. The quantitative estimate of drug-likeness (QED) is 0.507. The van der Waals surface area contributed by atoms with Gasteiger partial charge in [0, 0.05) is 37.1 Å². The molecule has 0 amide bonds. The van der Waals surface area contributed by atoms with Crippen molar-refractivity contribution in [3.05, 3.63) is 23.8 Å². The number of hydrogen-bond acceptors (Lipinski definition) is 3. The van der Waals surface area contributed by atoms with E-state index in [9.17, 15) is 4.79 Å². The zero-order chi connectivity index (χ0) is 15.0. The van der Waals surface area contributed by atoms with E-state index in [1.807, 2.05) is 25.1 Å². The summed E-state index contributed by atoms with van der Waals surface area (Å²) in [4.78, 5) is 14.4. The zero-order valence-electron chi connectivity index (χ0n) is 12.6. The molecule has 0 aliphatic carbocycles. The molecule has 4 heteroatoms. The Labute approximate surface area is 126 Å². The topological polar surface area (TPSA) is 29.5 Å². The van der Waals surface area contributed by atoms with Gasteiger partial charge in [0.1, 0.15) is 5.75 Å². The molecule has 1 rings (SSSR count). The molecule has 1 aromatic rings. The van der Waals surface area contributed by atoms with Crippen molar-refractivity contribution < 1.29 is 9.53 Å². The normalized spacial score (nSPS) is 10.4. The number of nitrogens with zero attached hydrogens (tertiary/aromatic N) is 1. The van der Waals surface area contributed by atoms with Crippen LogP contribution in [-0.2, 0) is 0 Å². The number of ether oxygens (including phenoxy) is 1. The van der Waals surface area contributed by atoms with Gasteiger partial charge in [-0.2, -0.15) is 0 Å². The third-order valence-electron chi connectivity index (χ3n) is 3.23. The molecule has 0 spiro atoms. The van der Waals surface area contributed by atoms with Crippen molar-refractivity contribution in [1.29, 1.82) is 0 Å². The summed E-state index contributed by atoms with van der Waals surface area (Å²) in [6, 6.07) is 5.82. The van der Waals surface area contributed by atoms with Crippen LogP contribution in [0.1, 0.15) is 44.0 Å². The summed E-state index contributed by atoms with van der Waals surface area (Å²) in [6.45, 7) is 8.57. The second kappa shape index (κ2) is 8.85. The van der Waals surface area contributed by atoms with E-state index in [0.717, 1.165) is 18.8 Å². The largest absolute Gasteiger partial charge is 0.493 e. The van der Waals surface area contributed by atoms with E-state index in [2.05, 4.69) is 18.7 Å². The average Bonchev–Trinajstić information content (AvgIpc) is 2.46. The average molecular weight is 298 g/mol. The number of hydrogen-bond donors (Lipinski definition) is 0. The van der Waals surface area contributed by atoms with Crippen molar-refractivity contribution in [2.45, 2.75) is 33.6 Å². The predicted octanol–water partition coefficient (Wildman–Crippen LogP) is 4.13. The fourth-order valence-corrected chi connectivity index (χ4v) is 2.30. The molecule has 0 atom stereocenters. The Bertz CT molecular complexity index is 430. The molecule has 0 fully saturated rings. The van der Waals surface area contributed by atoms with Crippen LogP contribution < -0.4 is 9.64 Å². The summed E-state index contributed by atoms with van der Waals surface area (Å²) in [5.74, 6) is 1.28. The number of anilines is 1. The summed E-state index contributed by atoms with van der Waals surface area (Å²) in [5.41, 5.74) is 1.75. The van der Waals surface area contributed by atoms with Gasteiger partial charge in [-0.05, 0) is 39.3 Å². The lowest BCUT2D eigenvalue weighted by molar-refractivity contribution is 0.0978. The first-order valence-corrected chi connectivity index (χ1v) is 7.82. The lowest BCUT2D eigenvalue weighted by Crippen LogP contribution is -2.22. The highest BCUT2D eigenvalue weighted by molar-refractivity contribution is 6.18. The van der Waals surface area contributed by atoms with Crippen molar-refractivity contribution in [3.63, 3.8) is 0 Å². The first kappa shape index (κ1) is 16.8. The highest BCUT2D eigenvalue weighted by Gasteiger charge is 2.14. The SMILES string of the molecule is CCOc1cc(N(CC)CC)ccc1C(=O)CCCCl. The van der Waals surface area contributed by atoms with Gasteiger partial charge in [0.25, 0.3) is 0 Å². The van der Waals surface area contributed by atoms with E-state index < -0.39 is 0 Å². The lowest BCUT2D eigenvalue weighted by Gasteiger charge is -2.22. The minimum Gasteiger partial charge on any atom is -0.493 e. The van der Waals surface area contributed by atoms with Gasteiger partial charge in [-0.25, -0.2) is 0 Å². The van der Waals surface area contributed by atoms with Crippen molar-refractivity contribution in [1.82, 2.24) is 0 Å². The fourth-order valence-electron chi connectivity index (χ4n) is 2.16. The molecule has 1 aromatic carbocycles. The monoisotopic (exact) mass is 297 g/mol. The number of Topliss-reactive ketones (excluding diaryl/α,β-unsaturated/α-hetero) is 1. The van der Waals surface area contributed by atoms with Crippen molar-refractivity contribution >= 4 is 23.1 Å². The molecule has 0 heterocycles. The van der Waals surface area contributed by atoms with Crippen molar-refractivity contribution in [2.75, 3.05) is 30.5 Å². The molecule has 0 aliphatic heterocycles. The second-order valence-electron chi connectivity index (χ2n) is 4.50. The molecule has 20 heavy (non-hydrogen) atoms. The Balaban J connectivity index is 3.03. The summed E-state index contributed by atoms with van der Waals surface area (Å²) >= 11 is 5.65. The number of carbonyl (C=O) groups is 1. The van der Waals surface area contributed by atoms with E-state index >= 15 is 0 Å². The van der Waals surface area contributed by atoms with Gasteiger partial charge in [0.2, 0.25) is 0 Å². The highest BCUT2D eigenvalue weighted by atomic mass is 35.5. The molecule has 0 bridgehead atoms. The van der Waals surface area contributed by atoms with E-state index in [-0.39, 0.29) is 5.78 Å². The summed E-state index contributed by atoms with van der Waals surface area (Å²) in [6.07, 6.45) is 1.16. The fraction of sp³-hybridized carbons (Fsp3) is 0.562. The Morgan fingerprint density at radius 3 is 2.50 bits per heavy atom. The third-order valence-corrected chi connectivity index (χ3v) is 3.50. The second-order valence-corrected chi connectivity index (χ2v) is 4.88. The van der Waals surface area contributed by atoms with Crippen molar-refractivity contribution in [2.24, 2.45) is 0 Å². The molecule has 0 saturated heterocycles. The number of carbonyl (C=O) groups excluding carboxylic acids is 1. The molecule has 0 N–H and O–H groups in total. The van der Waals surface area contributed by atoms with Gasteiger partial charge >= 0.3 is 0 Å². The summed E-state index contributed by atoms with van der Waals surface area (Å²) < 4.78 is 5.64. The van der Waals surface area contributed by atoms with Crippen LogP contribution in [0.25, 0.3) is 0 Å². The molecule has 3 nitrogen and oxygen atoms in total. The number of rotatable bonds is 9. The molecule has 0 aliphatic rings. The number of alkyl halides is 1. The highest BCUT2D eigenvalue weighted by Crippen LogP contribution is 2.27. The van der Waals surface area contributed by atoms with E-state index in [1.165, 1.54) is 0 Å². The van der Waals surface area contributed by atoms with Gasteiger partial charge in [0.15, 0.2) is 5.78 Å². The number of ketones is 1. The maximum Gasteiger partial charge on any atom is 0.166 e. The number of benzene rings is 1. The maximum atomic E-state index is 12.2. The molecular formula is C16H24ClNO2. The Morgan fingerprint density at radius 2 is 1.95 bits per heavy atom. The van der Waals surface area contributed by atoms with Gasteiger partial charge < -0.3 is 9.64 Å². The van der Waals surface area contributed by atoms with E-state index in [1.54, 1.807) is 0 Å². The van der Waals surface area contributed by atoms with Gasteiger partial charge in [0.05, 0.1) is 12.2 Å². The molecule has 0 saturated carbocycles. The van der Waals surface area contributed by atoms with E-state index in [4.69, 9.17) is 16.3 Å². The van der Waals surface area contributed by atoms with Crippen LogP contribution in [0, 0.1) is 0 Å². The minimum absolute atomic E-state index is 0.0974. The van der Waals surface area contributed by atoms with Gasteiger partial charge in [-0.1, -0.05) is 0 Å². The van der Waals surface area contributed by atoms with Crippen LogP contribution in [0.5, 0.6) is 5.75 Å². The van der Waals surface area contributed by atoms with Crippen LogP contribution in [0.3, 0.4) is 0 Å². The van der Waals surface area contributed by atoms with Crippen LogP contribution in [0.15, 0.2) is 18.2 Å². The Hall–Kier alpha value is -1.22. The van der Waals surface area contributed by atoms with E-state index in [0.29, 0.717) is 36.6 Å². The zero-order valence-corrected chi connectivity index (χ0v) is 13.4. The standard InChI is InChI=1S/C16H24ClNO2/c1-4-18(5-2)13-9-10-14(15(19)8-7-11-17)16(12-13)20-6-3/h9-10,12H,4-8,11H2,1-3H3. The van der Waals surface area contributed by atoms with Crippen LogP contribution in [-0.4, -0.2) is 31.4 Å². The Morgan fingerprint density at radius 1 is 1.25 bits per heavy atom. The molecule has 0 unspecified atom stereocenters. The molecule has 0 radical (unpaired) electrons. The van der Waals surface area contributed by atoms with Crippen LogP contribution in [0.2, 0.25) is 0 Å². The van der Waals surface area contributed by atoms with Gasteiger partial charge in [-0.15, -0.1) is 11.6 Å². The van der Waals surface area contributed by atoms with Gasteiger partial charge in [-0.3, -0.25) is 4.79 Å². The summed E-state index contributed by atoms with van der Waals surface area (Å²) in [5, 5.41) is 0. The smallest absolute Gasteiger partial charge is 0.166 e. The van der Waals surface area contributed by atoms with Crippen LogP contribution >= 0.6 is 11.6 Å². The summed E-state index contributed by atoms with van der Waals surface area (Å²) in [7, 11) is 0. The molecule has 0 aromatic heterocycles. The number of halogens is 1. The minimum atomic E-state index is 0.0974. The lowest BCUT2D eigenvalue weighted by atomic mass is 10.0.